The highest BCUT2D eigenvalue weighted by Gasteiger charge is 2.07. The van der Waals surface area contributed by atoms with E-state index < -0.39 is 11.9 Å². The highest BCUT2D eigenvalue weighted by Crippen LogP contribution is 2.12. The summed E-state index contributed by atoms with van der Waals surface area (Å²) >= 11 is 0. The van der Waals surface area contributed by atoms with Gasteiger partial charge in [0.1, 0.15) is 17.3 Å². The van der Waals surface area contributed by atoms with Crippen molar-refractivity contribution in [3.8, 4) is 5.75 Å². The highest BCUT2D eigenvalue weighted by molar-refractivity contribution is 5.89. The van der Waals surface area contributed by atoms with E-state index >= 15 is 0 Å². The molecule has 0 saturated carbocycles. The third-order valence-electron chi connectivity index (χ3n) is 2.88. The number of carbonyl (C=O) groups excluding carboxylic acids is 2. The van der Waals surface area contributed by atoms with Gasteiger partial charge in [-0.05, 0) is 50.2 Å². The van der Waals surface area contributed by atoms with Crippen LogP contribution in [0, 0.1) is 6.92 Å². The van der Waals surface area contributed by atoms with Gasteiger partial charge in [0.15, 0.2) is 6.61 Å². The van der Waals surface area contributed by atoms with E-state index in [0.717, 1.165) is 5.76 Å². The van der Waals surface area contributed by atoms with E-state index in [1.54, 1.807) is 43.3 Å². The maximum atomic E-state index is 11.6. The minimum absolute atomic E-state index is 0.201. The van der Waals surface area contributed by atoms with Gasteiger partial charge >= 0.3 is 5.97 Å². The zero-order valence-electron chi connectivity index (χ0n) is 13.4. The summed E-state index contributed by atoms with van der Waals surface area (Å²) < 4.78 is 15.5. The molecule has 0 atom stereocenters. The molecule has 1 amide bonds. The van der Waals surface area contributed by atoms with Crippen molar-refractivity contribution in [2.45, 2.75) is 13.8 Å². The number of amides is 1. The molecule has 126 valence electrons. The second-order valence-corrected chi connectivity index (χ2v) is 4.78. The number of hydrazone groups is 1. The Morgan fingerprint density at radius 3 is 2.58 bits per heavy atom. The van der Waals surface area contributed by atoms with Crippen LogP contribution in [0.5, 0.6) is 5.75 Å². The Kier molecular flexibility index (Phi) is 6.13. The summed E-state index contributed by atoms with van der Waals surface area (Å²) in [5.74, 6) is 0.956. The number of aryl methyl sites for hydroxylation is 1. The van der Waals surface area contributed by atoms with Gasteiger partial charge in [0.25, 0.3) is 5.91 Å². The first-order valence-corrected chi connectivity index (χ1v) is 7.37. The monoisotopic (exact) mass is 330 g/mol. The number of nitrogens with one attached hydrogen (secondary N) is 1. The molecular formula is C17H18N2O5. The van der Waals surface area contributed by atoms with E-state index in [1.807, 2.05) is 6.92 Å². The van der Waals surface area contributed by atoms with Crippen LogP contribution in [0.4, 0.5) is 0 Å². The van der Waals surface area contributed by atoms with Crippen molar-refractivity contribution in [2.75, 3.05) is 13.2 Å². The number of ether oxygens (including phenoxy) is 2. The van der Waals surface area contributed by atoms with Crippen LogP contribution in [0.3, 0.4) is 0 Å². The first kappa shape index (κ1) is 17.3. The zero-order valence-corrected chi connectivity index (χ0v) is 13.4. The fraction of sp³-hybridized carbons (Fsp3) is 0.235. The molecule has 0 bridgehead atoms. The molecule has 1 heterocycles. The summed E-state index contributed by atoms with van der Waals surface area (Å²) in [6, 6.07) is 9.87. The summed E-state index contributed by atoms with van der Waals surface area (Å²) in [7, 11) is 0. The Hall–Kier alpha value is -3.09. The van der Waals surface area contributed by atoms with Crippen LogP contribution in [0.15, 0.2) is 45.9 Å². The molecule has 7 nitrogen and oxygen atoms in total. The molecule has 1 aromatic heterocycles. The van der Waals surface area contributed by atoms with Gasteiger partial charge in [0, 0.05) is 0 Å². The molecule has 1 N–H and O–H groups in total. The lowest BCUT2D eigenvalue weighted by Crippen LogP contribution is -2.24. The third kappa shape index (κ3) is 5.28. The normalized spacial score (nSPS) is 10.6. The number of hydrogen-bond acceptors (Lipinski definition) is 6. The second-order valence-electron chi connectivity index (χ2n) is 4.78. The Labute approximate surface area is 139 Å². The molecule has 7 heteroatoms. The SMILES string of the molecule is CCOC(=O)c1ccc(OCC(=O)N/N=C/c2ccc(C)o2)cc1. The van der Waals surface area contributed by atoms with Crippen LogP contribution in [-0.4, -0.2) is 31.3 Å². The van der Waals surface area contributed by atoms with E-state index in [-0.39, 0.29) is 6.61 Å². The molecule has 0 saturated heterocycles. The third-order valence-corrected chi connectivity index (χ3v) is 2.88. The number of benzene rings is 1. The lowest BCUT2D eigenvalue weighted by molar-refractivity contribution is -0.123. The van der Waals surface area contributed by atoms with Crippen LogP contribution in [0.2, 0.25) is 0 Å². The maximum absolute atomic E-state index is 11.6. The molecular weight excluding hydrogens is 312 g/mol. The average molecular weight is 330 g/mol. The van der Waals surface area contributed by atoms with Gasteiger partial charge in [-0.3, -0.25) is 4.79 Å². The molecule has 0 unspecified atom stereocenters. The predicted octanol–water partition coefficient (Wildman–Crippen LogP) is 2.29. The van der Waals surface area contributed by atoms with Gasteiger partial charge in [-0.2, -0.15) is 5.10 Å². The Bertz CT molecular complexity index is 719. The molecule has 2 aromatic rings. The van der Waals surface area contributed by atoms with Gasteiger partial charge in [-0.25, -0.2) is 10.2 Å². The van der Waals surface area contributed by atoms with Crippen molar-refractivity contribution in [1.29, 1.82) is 0 Å². The van der Waals surface area contributed by atoms with Gasteiger partial charge in [0.2, 0.25) is 0 Å². The molecule has 0 aliphatic rings. The van der Waals surface area contributed by atoms with Crippen molar-refractivity contribution < 1.29 is 23.5 Å². The van der Waals surface area contributed by atoms with E-state index in [9.17, 15) is 9.59 Å². The standard InChI is InChI=1S/C17H18N2O5/c1-3-22-17(21)13-5-8-14(9-6-13)23-11-16(20)19-18-10-15-7-4-12(2)24-15/h4-10H,3,11H2,1-2H3,(H,19,20)/b18-10+. The molecule has 0 aliphatic carbocycles. The minimum Gasteiger partial charge on any atom is -0.484 e. The molecule has 24 heavy (non-hydrogen) atoms. The number of rotatable bonds is 7. The Morgan fingerprint density at radius 1 is 1.21 bits per heavy atom. The van der Waals surface area contributed by atoms with Crippen LogP contribution in [0.25, 0.3) is 0 Å². The Morgan fingerprint density at radius 2 is 1.96 bits per heavy atom. The first-order chi connectivity index (χ1) is 11.6. The fourth-order valence-electron chi connectivity index (χ4n) is 1.77. The number of nitrogens with zero attached hydrogens (tertiary/aromatic N) is 1. The second kappa shape index (κ2) is 8.52. The van der Waals surface area contributed by atoms with Crippen LogP contribution >= 0.6 is 0 Å². The van der Waals surface area contributed by atoms with E-state index in [1.165, 1.54) is 6.21 Å². The van der Waals surface area contributed by atoms with Crippen LogP contribution < -0.4 is 10.2 Å². The molecule has 0 fully saturated rings. The van der Waals surface area contributed by atoms with E-state index in [0.29, 0.717) is 23.7 Å². The van der Waals surface area contributed by atoms with Gasteiger partial charge in [-0.1, -0.05) is 0 Å². The summed E-state index contributed by atoms with van der Waals surface area (Å²) in [5.41, 5.74) is 2.75. The molecule has 0 radical (unpaired) electrons. The van der Waals surface area contributed by atoms with E-state index in [4.69, 9.17) is 13.9 Å². The van der Waals surface area contributed by atoms with Crippen molar-refractivity contribution in [2.24, 2.45) is 5.10 Å². The average Bonchev–Trinajstić information content (AvgIpc) is 2.99. The zero-order chi connectivity index (χ0) is 17.4. The molecule has 1 aromatic carbocycles. The molecule has 2 rings (SSSR count). The van der Waals surface area contributed by atoms with Crippen LogP contribution in [-0.2, 0) is 9.53 Å². The van der Waals surface area contributed by atoms with Gasteiger partial charge < -0.3 is 13.9 Å². The smallest absolute Gasteiger partial charge is 0.338 e. The lowest BCUT2D eigenvalue weighted by atomic mass is 10.2. The molecule has 0 aliphatic heterocycles. The minimum atomic E-state index is -0.413. The highest BCUT2D eigenvalue weighted by atomic mass is 16.5. The van der Waals surface area contributed by atoms with Crippen molar-refractivity contribution in [1.82, 2.24) is 5.43 Å². The number of hydrogen-bond donors (Lipinski definition) is 1. The van der Waals surface area contributed by atoms with Crippen LogP contribution in [0.1, 0.15) is 28.8 Å². The maximum Gasteiger partial charge on any atom is 0.338 e. The quantitative estimate of drug-likeness (QED) is 0.478. The van der Waals surface area contributed by atoms with Crippen molar-refractivity contribution in [3.63, 3.8) is 0 Å². The molecule has 0 spiro atoms. The summed E-state index contributed by atoms with van der Waals surface area (Å²) in [5, 5.41) is 3.77. The first-order valence-electron chi connectivity index (χ1n) is 7.37. The number of furan rings is 1. The van der Waals surface area contributed by atoms with Gasteiger partial charge in [-0.15, -0.1) is 0 Å². The van der Waals surface area contributed by atoms with Gasteiger partial charge in [0.05, 0.1) is 18.4 Å². The van der Waals surface area contributed by atoms with E-state index in [2.05, 4.69) is 10.5 Å². The lowest BCUT2D eigenvalue weighted by Gasteiger charge is -2.06. The number of esters is 1. The number of carbonyl (C=O) groups is 2. The largest absolute Gasteiger partial charge is 0.484 e. The van der Waals surface area contributed by atoms with Crippen molar-refractivity contribution >= 4 is 18.1 Å². The fourth-order valence-corrected chi connectivity index (χ4v) is 1.77. The summed E-state index contributed by atoms with van der Waals surface area (Å²) in [6.45, 7) is 3.67. The topological polar surface area (TPSA) is 90.1 Å². The summed E-state index contributed by atoms with van der Waals surface area (Å²) in [6.07, 6.45) is 1.40. The summed E-state index contributed by atoms with van der Waals surface area (Å²) in [4.78, 5) is 23.1. The van der Waals surface area contributed by atoms with Crippen molar-refractivity contribution in [3.05, 3.63) is 53.5 Å². The predicted molar refractivity (Wildman–Crippen MR) is 87.1 cm³/mol. The Balaban J connectivity index is 1.77.